The summed E-state index contributed by atoms with van der Waals surface area (Å²) in [6.07, 6.45) is 3.78. The van der Waals surface area contributed by atoms with Crippen LogP contribution in [0.2, 0.25) is 0 Å². The van der Waals surface area contributed by atoms with Crippen LogP contribution in [0.25, 0.3) is 0 Å². The Hall–Kier alpha value is -1.19. The van der Waals surface area contributed by atoms with Gasteiger partial charge < -0.3 is 5.11 Å². The summed E-state index contributed by atoms with van der Waals surface area (Å²) in [6.45, 7) is 2.00. The van der Waals surface area contributed by atoms with E-state index in [-0.39, 0.29) is 24.4 Å². The fraction of sp³-hybridized carbons (Fsp3) is 0.750. The molecular formula is C12H20O4. The van der Waals surface area contributed by atoms with E-state index in [2.05, 4.69) is 0 Å². The van der Waals surface area contributed by atoms with Crippen molar-refractivity contribution in [3.05, 3.63) is 0 Å². The minimum atomic E-state index is -0.841. The summed E-state index contributed by atoms with van der Waals surface area (Å²) in [5, 5.41) is 8.38. The standard InChI is InChI=1S/C12H20O4/c1-2-3-6-10(13)9-11(14)7-4-5-8-12(15)16/h2-9H2,1H3,(H,15,16). The number of rotatable bonds is 10. The Kier molecular flexibility index (Phi) is 8.39. The minimum Gasteiger partial charge on any atom is -0.481 e. The molecule has 0 aliphatic heterocycles. The molecule has 0 fully saturated rings. The molecule has 92 valence electrons. The van der Waals surface area contributed by atoms with Crippen LogP contribution < -0.4 is 0 Å². The van der Waals surface area contributed by atoms with Crippen molar-refractivity contribution in [2.24, 2.45) is 0 Å². The summed E-state index contributed by atoms with van der Waals surface area (Å²) in [4.78, 5) is 32.7. The number of carboxylic acids is 1. The number of carboxylic acid groups (broad SMARTS) is 1. The maximum absolute atomic E-state index is 11.3. The number of hydrogen-bond donors (Lipinski definition) is 1. The molecule has 0 saturated carbocycles. The van der Waals surface area contributed by atoms with Gasteiger partial charge in [0.2, 0.25) is 0 Å². The molecule has 16 heavy (non-hydrogen) atoms. The highest BCUT2D eigenvalue weighted by Gasteiger charge is 2.09. The summed E-state index contributed by atoms with van der Waals surface area (Å²) in [5.74, 6) is -0.900. The van der Waals surface area contributed by atoms with Gasteiger partial charge in [-0.25, -0.2) is 0 Å². The van der Waals surface area contributed by atoms with Crippen LogP contribution in [0.3, 0.4) is 0 Å². The average molecular weight is 228 g/mol. The number of unbranched alkanes of at least 4 members (excludes halogenated alkanes) is 2. The maximum Gasteiger partial charge on any atom is 0.303 e. The number of carbonyl (C=O) groups excluding carboxylic acids is 2. The monoisotopic (exact) mass is 228 g/mol. The molecule has 0 aliphatic carbocycles. The molecule has 0 amide bonds. The van der Waals surface area contributed by atoms with Gasteiger partial charge in [0, 0.05) is 19.3 Å². The number of hydrogen-bond acceptors (Lipinski definition) is 3. The molecule has 0 aromatic heterocycles. The fourth-order valence-electron chi connectivity index (χ4n) is 1.37. The first-order chi connectivity index (χ1) is 7.56. The third kappa shape index (κ3) is 9.37. The number of ketones is 2. The Balaban J connectivity index is 3.50. The van der Waals surface area contributed by atoms with Crippen molar-refractivity contribution in [1.29, 1.82) is 0 Å². The zero-order chi connectivity index (χ0) is 12.4. The summed E-state index contributed by atoms with van der Waals surface area (Å²) in [6, 6.07) is 0. The zero-order valence-electron chi connectivity index (χ0n) is 9.83. The van der Waals surface area contributed by atoms with Crippen LogP contribution in [0.5, 0.6) is 0 Å². The van der Waals surface area contributed by atoms with Gasteiger partial charge in [0.1, 0.15) is 11.6 Å². The van der Waals surface area contributed by atoms with E-state index >= 15 is 0 Å². The lowest BCUT2D eigenvalue weighted by atomic mass is 10.0. The SMILES string of the molecule is CCCCC(=O)CC(=O)CCCCC(=O)O. The number of carbonyl (C=O) groups is 3. The topological polar surface area (TPSA) is 71.4 Å². The smallest absolute Gasteiger partial charge is 0.303 e. The maximum atomic E-state index is 11.3. The van der Waals surface area contributed by atoms with Crippen molar-refractivity contribution in [1.82, 2.24) is 0 Å². The van der Waals surface area contributed by atoms with Crippen molar-refractivity contribution < 1.29 is 19.5 Å². The third-order valence-corrected chi connectivity index (χ3v) is 2.30. The molecule has 0 rings (SSSR count). The highest BCUT2D eigenvalue weighted by Crippen LogP contribution is 2.05. The van der Waals surface area contributed by atoms with Gasteiger partial charge in [0.05, 0.1) is 6.42 Å². The number of aliphatic carboxylic acids is 1. The van der Waals surface area contributed by atoms with E-state index < -0.39 is 5.97 Å². The Bertz CT molecular complexity index is 245. The van der Waals surface area contributed by atoms with Crippen molar-refractivity contribution in [3.63, 3.8) is 0 Å². The van der Waals surface area contributed by atoms with Crippen LogP contribution in [0, 0.1) is 0 Å². The second-order valence-corrected chi connectivity index (χ2v) is 3.96. The molecule has 0 heterocycles. The first-order valence-electron chi connectivity index (χ1n) is 5.81. The van der Waals surface area contributed by atoms with Gasteiger partial charge in [-0.2, -0.15) is 0 Å². The molecule has 0 aromatic carbocycles. The van der Waals surface area contributed by atoms with E-state index in [4.69, 9.17) is 5.11 Å². The Morgan fingerprint density at radius 2 is 1.38 bits per heavy atom. The van der Waals surface area contributed by atoms with E-state index in [1.165, 1.54) is 0 Å². The molecule has 0 atom stereocenters. The summed E-state index contributed by atoms with van der Waals surface area (Å²) in [5.41, 5.74) is 0. The van der Waals surface area contributed by atoms with E-state index in [0.717, 1.165) is 12.8 Å². The van der Waals surface area contributed by atoms with Crippen LogP contribution in [0.1, 0.15) is 58.3 Å². The predicted molar refractivity (Wildman–Crippen MR) is 60.3 cm³/mol. The Labute approximate surface area is 96.0 Å². The van der Waals surface area contributed by atoms with E-state index in [1.54, 1.807) is 0 Å². The van der Waals surface area contributed by atoms with Gasteiger partial charge >= 0.3 is 5.97 Å². The average Bonchev–Trinajstić information content (AvgIpc) is 2.21. The molecule has 4 heteroatoms. The first-order valence-corrected chi connectivity index (χ1v) is 5.81. The first kappa shape index (κ1) is 14.8. The van der Waals surface area contributed by atoms with Gasteiger partial charge in [0.25, 0.3) is 0 Å². The summed E-state index contributed by atoms with van der Waals surface area (Å²) >= 11 is 0. The van der Waals surface area contributed by atoms with Crippen LogP contribution in [-0.2, 0) is 14.4 Å². The lowest BCUT2D eigenvalue weighted by Gasteiger charge is -2.00. The summed E-state index contributed by atoms with van der Waals surface area (Å²) < 4.78 is 0. The predicted octanol–water partition coefficient (Wildman–Crippen LogP) is 2.35. The van der Waals surface area contributed by atoms with Gasteiger partial charge in [-0.1, -0.05) is 13.3 Å². The van der Waals surface area contributed by atoms with E-state index in [0.29, 0.717) is 25.7 Å². The third-order valence-electron chi connectivity index (χ3n) is 2.30. The van der Waals surface area contributed by atoms with Crippen LogP contribution in [0.4, 0.5) is 0 Å². The highest BCUT2D eigenvalue weighted by molar-refractivity contribution is 5.98. The molecule has 0 aliphatic rings. The second kappa shape index (κ2) is 9.07. The zero-order valence-corrected chi connectivity index (χ0v) is 9.83. The molecule has 4 nitrogen and oxygen atoms in total. The van der Waals surface area contributed by atoms with E-state index in [1.807, 2.05) is 6.92 Å². The molecule has 0 bridgehead atoms. The molecule has 0 radical (unpaired) electrons. The number of Topliss-reactive ketones (excluding diaryl/α,β-unsaturated/α-hetero) is 2. The fourth-order valence-corrected chi connectivity index (χ4v) is 1.37. The highest BCUT2D eigenvalue weighted by atomic mass is 16.4. The van der Waals surface area contributed by atoms with Crippen molar-refractivity contribution in [2.75, 3.05) is 0 Å². The van der Waals surface area contributed by atoms with Crippen molar-refractivity contribution >= 4 is 17.5 Å². The molecule has 0 aromatic rings. The molecule has 0 spiro atoms. The minimum absolute atomic E-state index is 0.00471. The van der Waals surface area contributed by atoms with Crippen molar-refractivity contribution in [3.8, 4) is 0 Å². The quantitative estimate of drug-likeness (QED) is 0.460. The van der Waals surface area contributed by atoms with Crippen molar-refractivity contribution in [2.45, 2.75) is 58.3 Å². The van der Waals surface area contributed by atoms with Gasteiger partial charge in [-0.15, -0.1) is 0 Å². The lowest BCUT2D eigenvalue weighted by Crippen LogP contribution is -2.07. The van der Waals surface area contributed by atoms with Gasteiger partial charge in [-0.3, -0.25) is 14.4 Å². The van der Waals surface area contributed by atoms with E-state index in [9.17, 15) is 14.4 Å². The summed E-state index contributed by atoms with van der Waals surface area (Å²) in [7, 11) is 0. The molecule has 0 saturated heterocycles. The molecular weight excluding hydrogens is 208 g/mol. The van der Waals surface area contributed by atoms with Crippen LogP contribution >= 0.6 is 0 Å². The van der Waals surface area contributed by atoms with Crippen LogP contribution in [0.15, 0.2) is 0 Å². The Morgan fingerprint density at radius 3 is 1.88 bits per heavy atom. The lowest BCUT2D eigenvalue weighted by molar-refractivity contribution is -0.137. The Morgan fingerprint density at radius 1 is 0.875 bits per heavy atom. The van der Waals surface area contributed by atoms with Gasteiger partial charge in [-0.05, 0) is 19.3 Å². The largest absolute Gasteiger partial charge is 0.481 e. The molecule has 0 unspecified atom stereocenters. The second-order valence-electron chi connectivity index (χ2n) is 3.96. The van der Waals surface area contributed by atoms with Gasteiger partial charge in [0.15, 0.2) is 0 Å². The van der Waals surface area contributed by atoms with Crippen LogP contribution in [-0.4, -0.2) is 22.6 Å². The molecule has 1 N–H and O–H groups in total. The normalized spacial score (nSPS) is 10.1.